The zero-order chi connectivity index (χ0) is 57.8. The summed E-state index contributed by atoms with van der Waals surface area (Å²) in [6, 6.07) is 29.6. The van der Waals surface area contributed by atoms with Crippen LogP contribution in [0.25, 0.3) is 6.08 Å². The molecule has 13 aliphatic rings. The molecule has 5 aliphatic carbocycles. The zero-order valence-electron chi connectivity index (χ0n) is 49.0. The van der Waals surface area contributed by atoms with E-state index < -0.39 is 25.6 Å². The molecule has 16 rings (SSSR count). The van der Waals surface area contributed by atoms with Crippen molar-refractivity contribution in [2.24, 2.45) is 35.0 Å². The van der Waals surface area contributed by atoms with Crippen molar-refractivity contribution in [1.82, 2.24) is 0 Å². The molecule has 3 unspecified atom stereocenters. The van der Waals surface area contributed by atoms with Gasteiger partial charge in [-0.2, -0.15) is 0 Å². The number of nitrogens with zero attached hydrogens (tertiary/aromatic N) is 3. The molecule has 2 bridgehead atoms. The van der Waals surface area contributed by atoms with Crippen LogP contribution in [0.3, 0.4) is 0 Å². The van der Waals surface area contributed by atoms with Crippen molar-refractivity contribution in [3.63, 3.8) is 0 Å². The van der Waals surface area contributed by atoms with E-state index in [1.54, 1.807) is 0 Å². The van der Waals surface area contributed by atoms with E-state index in [0.717, 1.165) is 61.3 Å². The van der Waals surface area contributed by atoms with Crippen LogP contribution >= 0.6 is 0 Å². The van der Waals surface area contributed by atoms with Crippen LogP contribution in [-0.4, -0.2) is 138 Å². The highest BCUT2D eigenvalue weighted by atomic mass is 16.7. The predicted octanol–water partition coefficient (Wildman–Crippen LogP) is 8.82. The Morgan fingerprint density at radius 2 is 1.05 bits per heavy atom. The van der Waals surface area contributed by atoms with Gasteiger partial charge in [-0.1, -0.05) is 162 Å². The molecule has 9 atom stereocenters. The third-order valence-electron chi connectivity index (χ3n) is 23.5. The van der Waals surface area contributed by atoms with Gasteiger partial charge < -0.3 is 50.6 Å². The molecule has 444 valence electrons. The van der Waals surface area contributed by atoms with Gasteiger partial charge in [-0.25, -0.2) is 0 Å². The molecule has 20 heteroatoms. The largest absolute Gasteiger partial charge is 0.617 e. The van der Waals surface area contributed by atoms with Crippen LogP contribution in [0.5, 0.6) is 0 Å². The fourth-order valence-corrected chi connectivity index (χ4v) is 18.8. The van der Waals surface area contributed by atoms with E-state index in [2.05, 4.69) is 27.7 Å². The maximum Gasteiger partial charge on any atom is 0.617 e. The van der Waals surface area contributed by atoms with E-state index >= 15 is 0 Å². The Morgan fingerprint density at radius 1 is 0.566 bits per heavy atom. The van der Waals surface area contributed by atoms with Crippen LogP contribution in [0.2, 0.25) is 0 Å². The summed E-state index contributed by atoms with van der Waals surface area (Å²) in [5.74, 6) is 3.14. The topological polar surface area (TPSA) is 183 Å². The molecule has 0 N–H and O–H groups in total. The maximum absolute atomic E-state index is 12.7. The van der Waals surface area contributed by atoms with Crippen molar-refractivity contribution < 1.29 is 80.8 Å². The van der Waals surface area contributed by atoms with Crippen molar-refractivity contribution in [2.45, 2.75) is 154 Å². The lowest BCUT2D eigenvalue weighted by Gasteiger charge is -2.61. The minimum atomic E-state index is -2.26. The van der Waals surface area contributed by atoms with Gasteiger partial charge in [0.1, 0.15) is 50.8 Å². The first-order valence-corrected chi connectivity index (χ1v) is 31.3. The molecule has 0 aromatic heterocycles. The fraction of sp³-hybridized carbons (Fsp3) is 0.587. The van der Waals surface area contributed by atoms with Gasteiger partial charge in [-0.05, 0) is 92.7 Å². The summed E-state index contributed by atoms with van der Waals surface area (Å²) in [6.45, 7) is 6.54. The fourth-order valence-electron chi connectivity index (χ4n) is 18.8. The lowest BCUT2D eigenvalue weighted by molar-refractivity contribution is -0.846. The Hall–Kier alpha value is -5.79. The molecular weight excluding hydrogens is 1060 g/mol. The zero-order valence-corrected chi connectivity index (χ0v) is 49.0. The molecule has 0 radical (unpaired) electrons. The Morgan fingerprint density at radius 3 is 1.58 bits per heavy atom. The molecule has 83 heavy (non-hydrogen) atoms. The van der Waals surface area contributed by atoms with E-state index in [1.165, 1.54) is 51.4 Å². The number of ether oxygens (including phenoxy) is 2. The second kappa shape index (κ2) is 20.7. The van der Waals surface area contributed by atoms with Crippen molar-refractivity contribution in [3.05, 3.63) is 114 Å². The molecule has 13 fully saturated rings. The lowest BCUT2D eigenvalue weighted by atomic mass is 9.45. The average molecular weight is 1140 g/mol. The normalized spacial score (nSPS) is 40.5. The Bertz CT molecular complexity index is 3010. The highest BCUT2D eigenvalue weighted by Crippen LogP contribution is 2.65. The number of benzene rings is 3. The second-order valence-electron chi connectivity index (χ2n) is 27.9. The quantitative estimate of drug-likeness (QED) is 0.124. The number of hydrogen-bond acceptors (Lipinski definition) is 14. The predicted molar refractivity (Wildman–Crippen MR) is 309 cm³/mol. The standard InChI is InChI=1S/C23H30BNO5.C20H26BNO5.C20H26BNO4.H2/c1-22(2)17-10-9-16(18(22)11-17)12-25-13-19(26)29-24(25,30-20(27)14-25)23(3)21(28-23)15-7-5-4-6-8-15;1-14(15-8-4-2-5-9-15)22-12-17(23)26-21(22,27-18(24)13-22)20-19(25-20)16-10-6-3-7-11-16;1-16(18-10-6-3-7-11-18)22-14-19(23)25-21(22,26-20(24)15-22)13-12-17-8-4-2-5-9-17;/h4-8,16-18,21H,9-14H2,1-3H3;3,6-7,10-11,14-15,19-20H,2,4-5,8-9,12-13H2,1H3;2,4-5,8-9,12-13,16,18H,3,6-7,10-11,14-15H2,1H3;1H/b;;13-12+;/t16?,17-,18-,21+,23-,24?,25?;14-,19?,20?,21?,22?;16-,21?,22?;/m100./s1. The van der Waals surface area contributed by atoms with Gasteiger partial charge in [-0.3, -0.25) is 28.8 Å². The summed E-state index contributed by atoms with van der Waals surface area (Å²) < 4.78 is 48.3. The number of fused-ring (bicyclic) bond motifs is 5. The van der Waals surface area contributed by atoms with Crippen LogP contribution in [-0.2, 0) is 66.2 Å². The molecule has 3 aromatic carbocycles. The molecule has 5 saturated carbocycles. The SMILES string of the molecule is CC1(C)[C@@H]2CCC(C[N+]34CC(=O)O[B-]3([C@]3(C)O[C@H]3c3ccccc3)OC(=O)C4)[C@H]1C2.C[C@@H](C1CCCCC1)[N+]12CC(=O)O[B-]1(/C=C/c1ccccc1)OC(=O)C2.C[C@@H](C1CCCCC1)[N+]12CC(=O)O[B-]1(C1OC1c1ccccc1)OC(=O)C2.[HH]. The number of rotatable bonds is 12. The van der Waals surface area contributed by atoms with Gasteiger partial charge in [-0.15, -0.1) is 0 Å². The summed E-state index contributed by atoms with van der Waals surface area (Å²) in [7, 11) is 0. The molecule has 0 amide bonds. The van der Waals surface area contributed by atoms with Crippen LogP contribution in [0.1, 0.15) is 148 Å². The molecular formula is C63H84B3N3O14. The molecule has 0 spiro atoms. The van der Waals surface area contributed by atoms with Crippen LogP contribution < -0.4 is 0 Å². The van der Waals surface area contributed by atoms with E-state index in [0.29, 0.717) is 42.3 Å². The second-order valence-corrected chi connectivity index (χ2v) is 27.9. The van der Waals surface area contributed by atoms with Gasteiger partial charge in [0.05, 0.1) is 24.3 Å². The van der Waals surface area contributed by atoms with Crippen molar-refractivity contribution >= 4 is 62.0 Å². The maximum atomic E-state index is 12.7. The molecule has 8 aliphatic heterocycles. The number of hydrogen-bond donors (Lipinski definition) is 0. The molecule has 3 aromatic rings. The average Bonchev–Trinajstić information content (AvgIpc) is 1.53. The lowest BCUT2D eigenvalue weighted by Crippen LogP contribution is -2.72. The van der Waals surface area contributed by atoms with Crippen LogP contribution in [0, 0.1) is 35.0 Å². The Labute approximate surface area is 489 Å². The molecule has 17 nitrogen and oxygen atoms in total. The first-order valence-electron chi connectivity index (χ1n) is 31.3. The van der Waals surface area contributed by atoms with Crippen molar-refractivity contribution in [1.29, 1.82) is 0 Å². The first kappa shape index (κ1) is 56.4. The summed E-state index contributed by atoms with van der Waals surface area (Å²) in [5, 5.41) is 0. The monoisotopic (exact) mass is 1140 g/mol. The molecule has 8 heterocycles. The number of epoxide rings is 2. The van der Waals surface area contributed by atoms with Gasteiger partial charge in [0.2, 0.25) is 0 Å². The number of carbonyl (C=O) groups is 6. The smallest absolute Gasteiger partial charge is 0.598 e. The van der Waals surface area contributed by atoms with E-state index in [-0.39, 0.29) is 107 Å². The minimum absolute atomic E-state index is 0. The summed E-state index contributed by atoms with van der Waals surface area (Å²) in [4.78, 5) is 74.9. The van der Waals surface area contributed by atoms with Gasteiger partial charge in [0.25, 0.3) is 0 Å². The summed E-state index contributed by atoms with van der Waals surface area (Å²) >= 11 is 0. The highest BCUT2D eigenvalue weighted by Gasteiger charge is 2.84. The van der Waals surface area contributed by atoms with E-state index in [4.69, 9.17) is 37.4 Å². The first-order chi connectivity index (χ1) is 39.8. The van der Waals surface area contributed by atoms with Crippen molar-refractivity contribution in [2.75, 3.05) is 45.8 Å². The van der Waals surface area contributed by atoms with Crippen LogP contribution in [0.15, 0.2) is 97.0 Å². The molecule has 8 saturated heterocycles. The number of carbonyl (C=O) groups excluding carboxylic acids is 6. The van der Waals surface area contributed by atoms with Gasteiger partial charge >= 0.3 is 55.9 Å². The van der Waals surface area contributed by atoms with Crippen molar-refractivity contribution in [3.8, 4) is 0 Å². The summed E-state index contributed by atoms with van der Waals surface area (Å²) in [6.07, 6.45) is 17.2. The van der Waals surface area contributed by atoms with E-state index in [1.807, 2.05) is 110 Å². The van der Waals surface area contributed by atoms with Gasteiger partial charge in [0, 0.05) is 25.7 Å². The van der Waals surface area contributed by atoms with Gasteiger partial charge in [0.15, 0.2) is 0 Å². The van der Waals surface area contributed by atoms with E-state index in [9.17, 15) is 28.8 Å². The third-order valence-corrected chi connectivity index (χ3v) is 23.5. The Balaban J connectivity index is 0.000000124. The minimum Gasteiger partial charge on any atom is -0.598 e. The highest BCUT2D eigenvalue weighted by molar-refractivity contribution is 6.72. The third kappa shape index (κ3) is 9.06. The Kier molecular flexibility index (Phi) is 14.1. The number of quaternary nitrogens is 3. The van der Waals surface area contributed by atoms with Crippen LogP contribution in [0.4, 0.5) is 0 Å². The summed E-state index contributed by atoms with van der Waals surface area (Å²) in [5.41, 5.74) is 2.59.